The normalized spacial score (nSPS) is 33.0. The van der Waals surface area contributed by atoms with Gasteiger partial charge in [0.05, 0.1) is 42.7 Å². The van der Waals surface area contributed by atoms with Crippen molar-refractivity contribution in [3.8, 4) is 0 Å². The molecule has 0 saturated heterocycles. The van der Waals surface area contributed by atoms with Crippen molar-refractivity contribution >= 4 is 24.1 Å². The Labute approximate surface area is 406 Å². The van der Waals surface area contributed by atoms with Gasteiger partial charge in [-0.25, -0.2) is 9.59 Å². The number of rotatable bonds is 18. The molecule has 386 valence electrons. The Morgan fingerprint density at radius 2 is 1.50 bits per heavy atom. The van der Waals surface area contributed by atoms with Crippen molar-refractivity contribution in [2.24, 2.45) is 35.5 Å². The topological polar surface area (TPSA) is 186 Å². The van der Waals surface area contributed by atoms with E-state index in [9.17, 15) is 29.4 Å². The van der Waals surface area contributed by atoms with Crippen LogP contribution in [0.5, 0.6) is 0 Å². The van der Waals surface area contributed by atoms with Gasteiger partial charge in [-0.15, -0.1) is 0 Å². The molecule has 0 aromatic carbocycles. The van der Waals surface area contributed by atoms with Crippen LogP contribution in [0.4, 0.5) is 0 Å². The molecule has 16 atom stereocenters. The highest BCUT2D eigenvalue weighted by atomic mass is 16.6. The number of Topliss-reactive ketones (excluding diaryl/α,β-unsaturated/α-hetero) is 1. The van der Waals surface area contributed by atoms with Crippen molar-refractivity contribution in [1.82, 2.24) is 4.90 Å². The van der Waals surface area contributed by atoms with Crippen LogP contribution >= 0.6 is 0 Å². The Hall–Kier alpha value is -3.80. The standard InChI is InChI=1S/C53H85NO14/c1-33-17-15-19-48(58)67-52(39(7)51(66-14)35(3)22-25-44(56)37(5)46(64-12)18-16-26-54(8)32-55)36(4)21-24-41(61-9)30-45(57)34(2)20-23-42(62-10)31-47(65-13)38(6)53-50(60)40(29-49(59)68-53)28-43(27-33)63-11/h15-17,19-21,23-24,26,29,32,34-39,41-43,45-47,50-53,57,60H,18,22,25,27-28,30-31H2,1-14H3/b19-15-,23-20+,24-21+,26-16+,33-17+/t34-,35-,36-,37-,38+,39-,41-,42+,43+,45-,46+,47-,50-,51-,52-,53-/m0/s1. The van der Waals surface area contributed by atoms with E-state index >= 15 is 0 Å². The Balaban J connectivity index is 2.49. The van der Waals surface area contributed by atoms with E-state index in [-0.39, 0.29) is 54.3 Å². The van der Waals surface area contributed by atoms with Gasteiger partial charge >= 0.3 is 11.9 Å². The summed E-state index contributed by atoms with van der Waals surface area (Å²) in [4.78, 5) is 52.4. The van der Waals surface area contributed by atoms with Gasteiger partial charge < -0.3 is 53.0 Å². The van der Waals surface area contributed by atoms with E-state index in [0.717, 1.165) is 5.57 Å². The van der Waals surface area contributed by atoms with E-state index in [1.807, 2.05) is 78.8 Å². The number of methoxy groups -OCH3 is 6. The van der Waals surface area contributed by atoms with E-state index in [1.165, 1.54) is 17.1 Å². The number of carbonyl (C=O) groups is 4. The van der Waals surface area contributed by atoms with Gasteiger partial charge in [-0.3, -0.25) is 9.59 Å². The maximum absolute atomic E-state index is 13.7. The summed E-state index contributed by atoms with van der Waals surface area (Å²) in [7, 11) is 11.1. The van der Waals surface area contributed by atoms with Crippen molar-refractivity contribution in [3.63, 3.8) is 0 Å². The number of allylic oxidation sites excluding steroid dienone is 2. The maximum atomic E-state index is 13.7. The van der Waals surface area contributed by atoms with Gasteiger partial charge in [0.1, 0.15) is 24.1 Å². The molecule has 0 aromatic heterocycles. The van der Waals surface area contributed by atoms with Crippen molar-refractivity contribution in [3.05, 3.63) is 72.0 Å². The fourth-order valence-corrected chi connectivity index (χ4v) is 9.13. The van der Waals surface area contributed by atoms with Crippen LogP contribution in [0, 0.1) is 35.5 Å². The SMILES string of the molecule is CO[C@H]1CC2=CC(=O)O[C@@H]([C@H](C)[C@@H](OC)C[C@H](OC)/C=C/[C@H](C)[C@@H](O)C[C@@H](OC)/C=C/[C@H](C)[C@@H]([C@@H](C)[C@@H](OC)[C@@H](C)CCC(=O)[C@H](C)[C@@H](C/C=C/N(C)C=O)OC)OC(=O)/C=C\C=C(/C)C1)[C@H]2O. The predicted octanol–water partition coefficient (Wildman–Crippen LogP) is 6.91. The van der Waals surface area contributed by atoms with Crippen LogP contribution in [0.15, 0.2) is 72.0 Å². The van der Waals surface area contributed by atoms with Gasteiger partial charge in [0.2, 0.25) is 6.41 Å². The second kappa shape index (κ2) is 31.4. The van der Waals surface area contributed by atoms with Crippen LogP contribution in [0.1, 0.15) is 93.4 Å². The molecule has 2 heterocycles. The number of nitrogens with zero attached hydrogens (tertiary/aromatic N) is 1. The van der Waals surface area contributed by atoms with Crippen LogP contribution in [-0.4, -0.2) is 150 Å². The Kier molecular flexibility index (Phi) is 27.9. The predicted molar refractivity (Wildman–Crippen MR) is 261 cm³/mol. The number of esters is 2. The Bertz CT molecular complexity index is 1720. The van der Waals surface area contributed by atoms with Crippen LogP contribution < -0.4 is 0 Å². The summed E-state index contributed by atoms with van der Waals surface area (Å²) in [5.41, 5.74) is 1.38. The minimum atomic E-state index is -1.10. The fourth-order valence-electron chi connectivity index (χ4n) is 9.13. The molecule has 2 N–H and O–H groups in total. The molecule has 2 aliphatic rings. The van der Waals surface area contributed by atoms with Gasteiger partial charge in [0.15, 0.2) is 0 Å². The molecule has 2 bridgehead atoms. The van der Waals surface area contributed by atoms with Gasteiger partial charge in [-0.2, -0.15) is 0 Å². The summed E-state index contributed by atoms with van der Waals surface area (Å²) in [5, 5.41) is 23.0. The third-order valence-corrected chi connectivity index (χ3v) is 13.8. The molecular weight excluding hydrogens is 875 g/mol. The molecule has 68 heavy (non-hydrogen) atoms. The molecule has 0 fully saturated rings. The highest BCUT2D eigenvalue weighted by molar-refractivity contribution is 5.84. The number of hydrogen-bond acceptors (Lipinski definition) is 14. The van der Waals surface area contributed by atoms with Crippen LogP contribution in [0.3, 0.4) is 0 Å². The number of amides is 1. The van der Waals surface area contributed by atoms with Gasteiger partial charge in [-0.1, -0.05) is 89.6 Å². The summed E-state index contributed by atoms with van der Waals surface area (Å²) in [6.07, 6.45) is 14.6. The first kappa shape index (κ1) is 60.3. The number of fused-ring (bicyclic) bond motifs is 2. The monoisotopic (exact) mass is 960 g/mol. The quantitative estimate of drug-likeness (QED) is 0.0821. The molecule has 0 radical (unpaired) electrons. The Morgan fingerprint density at radius 1 is 0.853 bits per heavy atom. The van der Waals surface area contributed by atoms with Gasteiger partial charge in [-0.05, 0) is 44.1 Å². The average molecular weight is 960 g/mol. The number of carbonyl (C=O) groups excluding carboxylic acids is 4. The largest absolute Gasteiger partial charge is 0.458 e. The van der Waals surface area contributed by atoms with E-state index in [2.05, 4.69) is 0 Å². The molecule has 15 heteroatoms. The summed E-state index contributed by atoms with van der Waals surface area (Å²) in [6, 6.07) is 0. The number of hydrogen-bond donors (Lipinski definition) is 2. The van der Waals surface area contributed by atoms with Crippen LogP contribution in [0.2, 0.25) is 0 Å². The lowest BCUT2D eigenvalue weighted by Gasteiger charge is -2.37. The molecule has 15 nitrogen and oxygen atoms in total. The molecule has 0 aliphatic carbocycles. The zero-order valence-corrected chi connectivity index (χ0v) is 43.3. The minimum Gasteiger partial charge on any atom is -0.458 e. The molecule has 2 aliphatic heterocycles. The minimum absolute atomic E-state index is 0.0505. The lowest BCUT2D eigenvalue weighted by molar-refractivity contribution is -0.160. The molecule has 0 spiro atoms. The summed E-state index contributed by atoms with van der Waals surface area (Å²) >= 11 is 0. The maximum Gasteiger partial charge on any atom is 0.331 e. The van der Waals surface area contributed by atoms with Crippen LogP contribution in [0.25, 0.3) is 0 Å². The lowest BCUT2D eigenvalue weighted by atomic mass is 9.81. The molecule has 0 aromatic rings. The lowest BCUT2D eigenvalue weighted by Crippen LogP contribution is -2.46. The third-order valence-electron chi connectivity index (χ3n) is 13.8. The van der Waals surface area contributed by atoms with Crippen molar-refractivity contribution in [1.29, 1.82) is 0 Å². The molecule has 2 rings (SSSR count). The summed E-state index contributed by atoms with van der Waals surface area (Å²) < 4.78 is 47.1. The second-order valence-corrected chi connectivity index (χ2v) is 18.8. The zero-order valence-electron chi connectivity index (χ0n) is 43.3. The third kappa shape index (κ3) is 19.5. The van der Waals surface area contributed by atoms with Crippen molar-refractivity contribution < 1.29 is 67.3 Å². The number of aliphatic hydroxyl groups is 2. The first-order chi connectivity index (χ1) is 32.3. The number of ketones is 1. The molecular formula is C53H85NO14. The second-order valence-electron chi connectivity index (χ2n) is 18.8. The van der Waals surface area contributed by atoms with Gasteiger partial charge in [0, 0.05) is 117 Å². The van der Waals surface area contributed by atoms with E-state index in [4.69, 9.17) is 37.9 Å². The van der Waals surface area contributed by atoms with E-state index < -0.39 is 72.8 Å². The van der Waals surface area contributed by atoms with Crippen molar-refractivity contribution in [2.45, 2.75) is 154 Å². The molecule has 0 unspecified atom stereocenters. The van der Waals surface area contributed by atoms with Gasteiger partial charge in [0.25, 0.3) is 0 Å². The number of ether oxygens (including phenoxy) is 8. The van der Waals surface area contributed by atoms with Crippen LogP contribution in [-0.2, 0) is 57.1 Å². The smallest absolute Gasteiger partial charge is 0.331 e. The van der Waals surface area contributed by atoms with E-state index in [1.54, 1.807) is 68.1 Å². The zero-order chi connectivity index (χ0) is 51.1. The fraction of sp³-hybridized carbons (Fsp3) is 0.698. The highest BCUT2D eigenvalue weighted by Crippen LogP contribution is 2.33. The average Bonchev–Trinajstić information content (AvgIpc) is 3.32. The first-order valence-corrected chi connectivity index (χ1v) is 24.0. The number of cyclic esters (lactones) is 1. The summed E-state index contributed by atoms with van der Waals surface area (Å²) in [5.74, 6) is -2.91. The Morgan fingerprint density at radius 3 is 2.09 bits per heavy atom. The summed E-state index contributed by atoms with van der Waals surface area (Å²) in [6.45, 7) is 13.5. The van der Waals surface area contributed by atoms with E-state index in [0.29, 0.717) is 44.1 Å². The first-order valence-electron chi connectivity index (χ1n) is 24.0. The number of aliphatic hydroxyl groups excluding tert-OH is 2. The molecule has 0 saturated carbocycles. The molecule has 1 amide bonds. The highest BCUT2D eigenvalue weighted by Gasteiger charge is 2.40. The van der Waals surface area contributed by atoms with Crippen molar-refractivity contribution in [2.75, 3.05) is 49.7 Å².